The number of nitrogens with one attached hydrogen (secondary N) is 1. The summed E-state index contributed by atoms with van der Waals surface area (Å²) in [5.74, 6) is 0. The summed E-state index contributed by atoms with van der Waals surface area (Å²) >= 11 is 2.00. The van der Waals surface area contributed by atoms with Crippen LogP contribution in [0.2, 0.25) is 0 Å². The molecular formula is C13H24Cl2N2S. The van der Waals surface area contributed by atoms with E-state index >= 15 is 0 Å². The van der Waals surface area contributed by atoms with Crippen molar-refractivity contribution in [3.05, 3.63) is 21.9 Å². The van der Waals surface area contributed by atoms with Crippen LogP contribution in [0, 0.1) is 0 Å². The second-order valence-electron chi connectivity index (χ2n) is 4.37. The molecule has 2 rings (SSSR count). The van der Waals surface area contributed by atoms with Gasteiger partial charge in [0.2, 0.25) is 0 Å². The van der Waals surface area contributed by atoms with Crippen LogP contribution in [0.3, 0.4) is 0 Å². The van der Waals surface area contributed by atoms with Crippen LogP contribution in [0.15, 0.2) is 12.1 Å². The molecule has 0 amide bonds. The minimum atomic E-state index is 0. The smallest absolute Gasteiger partial charge is 0.0440 e. The molecule has 1 aromatic heterocycles. The molecule has 18 heavy (non-hydrogen) atoms. The minimum absolute atomic E-state index is 0. The summed E-state index contributed by atoms with van der Waals surface area (Å²) in [5.41, 5.74) is 0. The average molecular weight is 311 g/mol. The van der Waals surface area contributed by atoms with Crippen molar-refractivity contribution >= 4 is 36.2 Å². The fraction of sp³-hybridized carbons (Fsp3) is 0.692. The molecule has 1 N–H and O–H groups in total. The summed E-state index contributed by atoms with van der Waals surface area (Å²) in [4.78, 5) is 5.70. The van der Waals surface area contributed by atoms with Crippen LogP contribution in [0.4, 0.5) is 0 Å². The quantitative estimate of drug-likeness (QED) is 0.915. The topological polar surface area (TPSA) is 15.3 Å². The van der Waals surface area contributed by atoms with E-state index in [0.717, 1.165) is 13.1 Å². The van der Waals surface area contributed by atoms with Gasteiger partial charge in [-0.15, -0.1) is 36.2 Å². The number of thiophene rings is 1. The normalized spacial score (nSPS) is 17.7. The maximum atomic E-state index is 3.42. The summed E-state index contributed by atoms with van der Waals surface area (Å²) in [6.07, 6.45) is 2.40. The Balaban J connectivity index is 0.00000144. The first kappa shape index (κ1) is 18.2. The molecule has 2 nitrogen and oxygen atoms in total. The molecular weight excluding hydrogens is 287 g/mol. The van der Waals surface area contributed by atoms with Gasteiger partial charge in [0.15, 0.2) is 0 Å². The first-order valence-electron chi connectivity index (χ1n) is 6.38. The van der Waals surface area contributed by atoms with E-state index in [2.05, 4.69) is 36.2 Å². The highest BCUT2D eigenvalue weighted by Gasteiger charge is 2.21. The predicted octanol–water partition coefficient (Wildman–Crippen LogP) is 3.51. The maximum absolute atomic E-state index is 3.42. The lowest BCUT2D eigenvalue weighted by molar-refractivity contribution is 0.172. The molecule has 0 unspecified atom stereocenters. The van der Waals surface area contributed by atoms with Crippen LogP contribution in [0.1, 0.15) is 36.1 Å². The van der Waals surface area contributed by atoms with Crippen LogP contribution < -0.4 is 5.32 Å². The number of aryl methyl sites for hydroxylation is 1. The monoisotopic (exact) mass is 310 g/mol. The van der Waals surface area contributed by atoms with Gasteiger partial charge in [-0.1, -0.05) is 13.8 Å². The lowest BCUT2D eigenvalue weighted by Gasteiger charge is -2.33. The molecule has 0 aliphatic carbocycles. The third kappa shape index (κ3) is 4.39. The standard InChI is InChI=1S/C13H22N2S.2ClH/c1-3-11-5-6-13(16-11)12(4-2)15-9-7-14-8-10-15;;/h5-6,12,14H,3-4,7-10H2,1-2H3;2*1H/t12-;;/m0../s1. The molecule has 106 valence electrons. The molecule has 1 aliphatic heterocycles. The van der Waals surface area contributed by atoms with E-state index in [-0.39, 0.29) is 24.8 Å². The third-order valence-electron chi connectivity index (χ3n) is 3.34. The molecule has 5 heteroatoms. The zero-order valence-electron chi connectivity index (χ0n) is 11.1. The molecule has 0 saturated carbocycles. The summed E-state index contributed by atoms with van der Waals surface area (Å²) in [6, 6.07) is 5.28. The highest BCUT2D eigenvalue weighted by Crippen LogP contribution is 2.30. The summed E-state index contributed by atoms with van der Waals surface area (Å²) in [7, 11) is 0. The first-order chi connectivity index (χ1) is 7.85. The van der Waals surface area contributed by atoms with E-state index in [1.807, 2.05) is 11.3 Å². The lowest BCUT2D eigenvalue weighted by Crippen LogP contribution is -2.44. The van der Waals surface area contributed by atoms with Crippen LogP contribution >= 0.6 is 36.2 Å². The SMILES string of the molecule is CCc1ccc([C@H](CC)N2CCNCC2)s1.Cl.Cl. The Labute approximate surface area is 127 Å². The van der Waals surface area contributed by atoms with Crippen LogP contribution in [0.25, 0.3) is 0 Å². The first-order valence-corrected chi connectivity index (χ1v) is 7.20. The van der Waals surface area contributed by atoms with Crippen molar-refractivity contribution < 1.29 is 0 Å². The third-order valence-corrected chi connectivity index (χ3v) is 4.67. The molecule has 0 bridgehead atoms. The van der Waals surface area contributed by atoms with Crippen molar-refractivity contribution in [3.63, 3.8) is 0 Å². The van der Waals surface area contributed by atoms with E-state index in [1.54, 1.807) is 4.88 Å². The van der Waals surface area contributed by atoms with E-state index in [0.29, 0.717) is 6.04 Å². The zero-order valence-corrected chi connectivity index (χ0v) is 13.6. The average Bonchev–Trinajstić information content (AvgIpc) is 2.80. The highest BCUT2D eigenvalue weighted by atomic mass is 35.5. The van der Waals surface area contributed by atoms with Gasteiger partial charge in [0.1, 0.15) is 0 Å². The van der Waals surface area contributed by atoms with Gasteiger partial charge >= 0.3 is 0 Å². The van der Waals surface area contributed by atoms with Crippen molar-refractivity contribution in [2.24, 2.45) is 0 Å². The van der Waals surface area contributed by atoms with Gasteiger partial charge in [-0.05, 0) is 25.0 Å². The van der Waals surface area contributed by atoms with Gasteiger partial charge in [-0.25, -0.2) is 0 Å². The molecule has 1 atom stereocenters. The summed E-state index contributed by atoms with van der Waals surface area (Å²) in [5, 5.41) is 3.42. The Morgan fingerprint density at radius 3 is 2.39 bits per heavy atom. The van der Waals surface area contributed by atoms with Gasteiger partial charge in [-0.3, -0.25) is 4.90 Å². The van der Waals surface area contributed by atoms with Crippen LogP contribution in [0.5, 0.6) is 0 Å². The van der Waals surface area contributed by atoms with Gasteiger partial charge in [0.05, 0.1) is 0 Å². The van der Waals surface area contributed by atoms with Gasteiger partial charge in [0.25, 0.3) is 0 Å². The van der Waals surface area contributed by atoms with E-state index < -0.39 is 0 Å². The molecule has 0 spiro atoms. The largest absolute Gasteiger partial charge is 0.314 e. The lowest BCUT2D eigenvalue weighted by atomic mass is 10.1. The summed E-state index contributed by atoms with van der Waals surface area (Å²) < 4.78 is 0. The Kier molecular flexibility index (Phi) is 9.26. The molecule has 2 heterocycles. The maximum Gasteiger partial charge on any atom is 0.0440 e. The Morgan fingerprint density at radius 1 is 1.22 bits per heavy atom. The van der Waals surface area contributed by atoms with Gasteiger partial charge < -0.3 is 5.32 Å². The molecule has 1 aliphatic rings. The van der Waals surface area contributed by atoms with Crippen molar-refractivity contribution in [2.75, 3.05) is 26.2 Å². The van der Waals surface area contributed by atoms with E-state index in [9.17, 15) is 0 Å². The highest BCUT2D eigenvalue weighted by molar-refractivity contribution is 7.12. The summed E-state index contributed by atoms with van der Waals surface area (Å²) in [6.45, 7) is 9.21. The number of hydrogen-bond donors (Lipinski definition) is 1. The number of rotatable bonds is 4. The number of halogens is 2. The number of hydrogen-bond acceptors (Lipinski definition) is 3. The van der Waals surface area contributed by atoms with E-state index in [1.165, 1.54) is 30.8 Å². The number of nitrogens with zero attached hydrogens (tertiary/aromatic N) is 1. The molecule has 1 saturated heterocycles. The van der Waals surface area contributed by atoms with Crippen molar-refractivity contribution in [1.29, 1.82) is 0 Å². The Morgan fingerprint density at radius 2 is 1.89 bits per heavy atom. The van der Waals surface area contributed by atoms with Crippen molar-refractivity contribution in [2.45, 2.75) is 32.7 Å². The molecule has 1 fully saturated rings. The fourth-order valence-corrected chi connectivity index (χ4v) is 3.57. The Hall–Kier alpha value is 0.200. The minimum Gasteiger partial charge on any atom is -0.314 e. The molecule has 1 aromatic rings. The van der Waals surface area contributed by atoms with Gasteiger partial charge in [-0.2, -0.15) is 0 Å². The van der Waals surface area contributed by atoms with Crippen molar-refractivity contribution in [3.8, 4) is 0 Å². The zero-order chi connectivity index (χ0) is 11.4. The second kappa shape index (κ2) is 9.16. The molecule has 0 radical (unpaired) electrons. The number of piperazine rings is 1. The Bertz CT molecular complexity index is 325. The second-order valence-corrected chi connectivity index (χ2v) is 5.57. The predicted molar refractivity (Wildman–Crippen MR) is 85.7 cm³/mol. The van der Waals surface area contributed by atoms with E-state index in [4.69, 9.17) is 0 Å². The van der Waals surface area contributed by atoms with Crippen LogP contribution in [-0.4, -0.2) is 31.1 Å². The fourth-order valence-electron chi connectivity index (χ4n) is 2.40. The van der Waals surface area contributed by atoms with Crippen LogP contribution in [-0.2, 0) is 6.42 Å². The molecule has 0 aromatic carbocycles. The van der Waals surface area contributed by atoms with Crippen molar-refractivity contribution in [1.82, 2.24) is 10.2 Å². The van der Waals surface area contributed by atoms with Gasteiger partial charge in [0, 0.05) is 42.0 Å².